The molecule has 0 aromatic heterocycles. The van der Waals surface area contributed by atoms with E-state index in [1.807, 2.05) is 68.4 Å². The van der Waals surface area contributed by atoms with Crippen LogP contribution in [0.15, 0.2) is 54.6 Å². The molecular weight excluding hydrogens is 312 g/mol. The highest BCUT2D eigenvalue weighted by Gasteiger charge is 2.36. The van der Waals surface area contributed by atoms with Gasteiger partial charge in [0.2, 0.25) is 5.91 Å². The SMILES string of the molecule is CC(C)(O)C1CCCN1CC(=O)Nc1ccccc1-c1ccccc1. The predicted molar refractivity (Wildman–Crippen MR) is 101 cm³/mol. The fourth-order valence-electron chi connectivity index (χ4n) is 3.65. The van der Waals surface area contributed by atoms with E-state index in [9.17, 15) is 9.90 Å². The van der Waals surface area contributed by atoms with E-state index in [2.05, 4.69) is 10.2 Å². The van der Waals surface area contributed by atoms with Gasteiger partial charge in [-0.25, -0.2) is 0 Å². The molecule has 2 aromatic carbocycles. The second-order valence-corrected chi connectivity index (χ2v) is 7.24. The van der Waals surface area contributed by atoms with E-state index >= 15 is 0 Å². The van der Waals surface area contributed by atoms with E-state index in [1.165, 1.54) is 0 Å². The van der Waals surface area contributed by atoms with Gasteiger partial charge >= 0.3 is 0 Å². The Labute approximate surface area is 149 Å². The molecule has 4 nitrogen and oxygen atoms in total. The number of para-hydroxylation sites is 1. The molecule has 1 aliphatic heterocycles. The average Bonchev–Trinajstić information content (AvgIpc) is 3.04. The second-order valence-electron chi connectivity index (χ2n) is 7.24. The van der Waals surface area contributed by atoms with Crippen LogP contribution in [0, 0.1) is 0 Å². The third-order valence-electron chi connectivity index (χ3n) is 4.81. The van der Waals surface area contributed by atoms with Crippen molar-refractivity contribution in [2.45, 2.75) is 38.3 Å². The Kier molecular flexibility index (Phi) is 5.21. The third-order valence-corrected chi connectivity index (χ3v) is 4.81. The summed E-state index contributed by atoms with van der Waals surface area (Å²) in [6.45, 7) is 4.79. The number of hydrogen-bond acceptors (Lipinski definition) is 3. The van der Waals surface area contributed by atoms with Crippen LogP contribution >= 0.6 is 0 Å². The van der Waals surface area contributed by atoms with E-state index in [0.29, 0.717) is 6.54 Å². The zero-order chi connectivity index (χ0) is 17.9. The van der Waals surface area contributed by atoms with Gasteiger partial charge in [-0.1, -0.05) is 48.5 Å². The van der Waals surface area contributed by atoms with E-state index in [1.54, 1.807) is 0 Å². The summed E-state index contributed by atoms with van der Waals surface area (Å²) in [4.78, 5) is 14.7. The summed E-state index contributed by atoms with van der Waals surface area (Å²) in [5.41, 5.74) is 2.11. The number of carbonyl (C=O) groups excluding carboxylic acids is 1. The van der Waals surface area contributed by atoms with Gasteiger partial charge in [0.05, 0.1) is 12.1 Å². The van der Waals surface area contributed by atoms with E-state index in [-0.39, 0.29) is 11.9 Å². The zero-order valence-electron chi connectivity index (χ0n) is 14.9. The number of hydrogen-bond donors (Lipinski definition) is 2. The Morgan fingerprint density at radius 1 is 1.16 bits per heavy atom. The minimum Gasteiger partial charge on any atom is -0.389 e. The number of rotatable bonds is 5. The summed E-state index contributed by atoms with van der Waals surface area (Å²) < 4.78 is 0. The topological polar surface area (TPSA) is 52.6 Å². The summed E-state index contributed by atoms with van der Waals surface area (Å²) in [7, 11) is 0. The number of benzene rings is 2. The first-order valence-corrected chi connectivity index (χ1v) is 8.86. The molecule has 1 amide bonds. The van der Waals surface area contributed by atoms with Crippen LogP contribution in [-0.4, -0.2) is 40.6 Å². The van der Waals surface area contributed by atoms with Gasteiger partial charge in [-0.2, -0.15) is 0 Å². The molecule has 1 aliphatic rings. The van der Waals surface area contributed by atoms with Crippen molar-refractivity contribution < 1.29 is 9.90 Å². The van der Waals surface area contributed by atoms with Crippen LogP contribution in [0.1, 0.15) is 26.7 Å². The summed E-state index contributed by atoms with van der Waals surface area (Å²) in [5, 5.41) is 13.4. The minimum atomic E-state index is -0.793. The standard InChI is InChI=1S/C21H26N2O2/c1-21(2,25)19-13-8-14-23(19)15-20(24)22-18-12-7-6-11-17(18)16-9-4-3-5-10-16/h3-7,9-12,19,25H,8,13-15H2,1-2H3,(H,22,24). The Bertz CT molecular complexity index is 722. The molecule has 1 heterocycles. The molecule has 2 N–H and O–H groups in total. The number of nitrogens with one attached hydrogen (secondary N) is 1. The van der Waals surface area contributed by atoms with Crippen molar-refractivity contribution in [3.05, 3.63) is 54.6 Å². The quantitative estimate of drug-likeness (QED) is 0.877. The van der Waals surface area contributed by atoms with Crippen molar-refractivity contribution in [3.63, 3.8) is 0 Å². The maximum absolute atomic E-state index is 12.6. The van der Waals surface area contributed by atoms with E-state index < -0.39 is 5.60 Å². The van der Waals surface area contributed by atoms with Crippen molar-refractivity contribution in [3.8, 4) is 11.1 Å². The molecule has 2 aromatic rings. The highest BCUT2D eigenvalue weighted by molar-refractivity contribution is 5.96. The smallest absolute Gasteiger partial charge is 0.238 e. The Morgan fingerprint density at radius 3 is 2.56 bits per heavy atom. The molecule has 1 fully saturated rings. The Balaban J connectivity index is 1.72. The molecule has 0 saturated carbocycles. The summed E-state index contributed by atoms with van der Waals surface area (Å²) in [5.74, 6) is -0.0421. The Morgan fingerprint density at radius 2 is 1.84 bits per heavy atom. The molecule has 0 spiro atoms. The Hall–Kier alpha value is -2.17. The molecule has 0 bridgehead atoms. The van der Waals surface area contributed by atoms with Gasteiger partial charge < -0.3 is 10.4 Å². The van der Waals surface area contributed by atoms with Crippen molar-refractivity contribution in [1.29, 1.82) is 0 Å². The van der Waals surface area contributed by atoms with Crippen molar-refractivity contribution in [2.75, 3.05) is 18.4 Å². The highest BCUT2D eigenvalue weighted by atomic mass is 16.3. The monoisotopic (exact) mass is 338 g/mol. The maximum Gasteiger partial charge on any atom is 0.238 e. The third kappa shape index (κ3) is 4.27. The van der Waals surface area contributed by atoms with Gasteiger partial charge in [0.15, 0.2) is 0 Å². The number of aliphatic hydroxyl groups is 1. The van der Waals surface area contributed by atoms with Crippen LogP contribution in [0.25, 0.3) is 11.1 Å². The first kappa shape index (κ1) is 17.6. The van der Waals surface area contributed by atoms with Crippen LogP contribution in [0.5, 0.6) is 0 Å². The predicted octanol–water partition coefficient (Wildman–Crippen LogP) is 3.53. The molecule has 1 unspecified atom stereocenters. The summed E-state index contributed by atoms with van der Waals surface area (Å²) >= 11 is 0. The van der Waals surface area contributed by atoms with E-state index in [4.69, 9.17) is 0 Å². The first-order chi connectivity index (χ1) is 11.9. The van der Waals surface area contributed by atoms with Crippen molar-refractivity contribution >= 4 is 11.6 Å². The lowest BCUT2D eigenvalue weighted by Gasteiger charge is -2.33. The van der Waals surface area contributed by atoms with Crippen LogP contribution in [0.3, 0.4) is 0 Å². The zero-order valence-corrected chi connectivity index (χ0v) is 14.9. The van der Waals surface area contributed by atoms with Gasteiger partial charge in [-0.05, 0) is 44.9 Å². The van der Waals surface area contributed by atoms with Crippen LogP contribution in [0.2, 0.25) is 0 Å². The molecule has 1 atom stereocenters. The maximum atomic E-state index is 12.6. The highest BCUT2D eigenvalue weighted by Crippen LogP contribution is 2.29. The molecule has 4 heteroatoms. The molecule has 1 saturated heterocycles. The summed E-state index contributed by atoms with van der Waals surface area (Å²) in [6, 6.07) is 17.9. The van der Waals surface area contributed by atoms with E-state index in [0.717, 1.165) is 36.2 Å². The average molecular weight is 338 g/mol. The number of nitrogens with zero attached hydrogens (tertiary/aromatic N) is 1. The van der Waals surface area contributed by atoms with Gasteiger partial charge in [-0.3, -0.25) is 9.69 Å². The van der Waals surface area contributed by atoms with Crippen molar-refractivity contribution in [1.82, 2.24) is 4.90 Å². The van der Waals surface area contributed by atoms with Crippen LogP contribution < -0.4 is 5.32 Å². The molecule has 25 heavy (non-hydrogen) atoms. The molecule has 3 rings (SSSR count). The molecule has 0 aliphatic carbocycles. The lowest BCUT2D eigenvalue weighted by Crippen LogP contribution is -2.48. The van der Waals surface area contributed by atoms with Gasteiger partial charge in [0.25, 0.3) is 0 Å². The lowest BCUT2D eigenvalue weighted by molar-refractivity contribution is -0.118. The number of carbonyl (C=O) groups is 1. The largest absolute Gasteiger partial charge is 0.389 e. The van der Waals surface area contributed by atoms with Gasteiger partial charge in [0, 0.05) is 17.3 Å². The lowest BCUT2D eigenvalue weighted by atomic mass is 9.97. The normalized spacial score (nSPS) is 18.3. The molecule has 132 valence electrons. The van der Waals surface area contributed by atoms with Crippen LogP contribution in [-0.2, 0) is 4.79 Å². The summed E-state index contributed by atoms with van der Waals surface area (Å²) in [6.07, 6.45) is 1.94. The fraction of sp³-hybridized carbons (Fsp3) is 0.381. The fourth-order valence-corrected chi connectivity index (χ4v) is 3.65. The van der Waals surface area contributed by atoms with Crippen LogP contribution in [0.4, 0.5) is 5.69 Å². The number of anilines is 1. The number of amides is 1. The number of likely N-dealkylation sites (tertiary alicyclic amines) is 1. The second kappa shape index (κ2) is 7.38. The first-order valence-electron chi connectivity index (χ1n) is 8.86. The van der Waals surface area contributed by atoms with Gasteiger partial charge in [-0.15, -0.1) is 0 Å². The molecule has 0 radical (unpaired) electrons. The minimum absolute atomic E-state index is 0.0302. The van der Waals surface area contributed by atoms with Crippen molar-refractivity contribution in [2.24, 2.45) is 0 Å². The molecular formula is C21H26N2O2. The van der Waals surface area contributed by atoms with Gasteiger partial charge in [0.1, 0.15) is 0 Å².